The van der Waals surface area contributed by atoms with Gasteiger partial charge in [0.05, 0.1) is 5.56 Å². The minimum Gasteiger partial charge on any atom is -0.457 e. The number of amides is 2. The predicted octanol–water partition coefficient (Wildman–Crippen LogP) is 4.81. The third-order valence-corrected chi connectivity index (χ3v) is 4.88. The van der Waals surface area contributed by atoms with Gasteiger partial charge < -0.3 is 15.4 Å². The van der Waals surface area contributed by atoms with E-state index in [1.54, 1.807) is 23.1 Å². The number of hydrogen-bond donors (Lipinski definition) is 1. The Balaban J connectivity index is 1.94. The number of ether oxygens (including phenoxy) is 1. The lowest BCUT2D eigenvalue weighted by atomic mass is 10.1. The van der Waals surface area contributed by atoms with Crippen LogP contribution in [0.4, 0.5) is 14.5 Å². The van der Waals surface area contributed by atoms with Gasteiger partial charge in [-0.2, -0.15) is 0 Å². The van der Waals surface area contributed by atoms with Crippen molar-refractivity contribution in [1.29, 1.82) is 0 Å². The second-order valence-corrected chi connectivity index (χ2v) is 6.84. The SMILES string of the molecule is CC(=O)N(c1ccc(Oc2cccc(C(N)=O)c2)c(C(F)F)c1)C1CCCC1. The molecule has 0 unspecified atom stereocenters. The first kappa shape index (κ1) is 19.8. The Hall–Kier alpha value is -2.96. The van der Waals surface area contributed by atoms with Gasteiger partial charge in [-0.1, -0.05) is 18.9 Å². The molecule has 28 heavy (non-hydrogen) atoms. The van der Waals surface area contributed by atoms with Crippen LogP contribution in [0.25, 0.3) is 0 Å². The number of primary amides is 1. The van der Waals surface area contributed by atoms with Crippen LogP contribution in [0.5, 0.6) is 11.5 Å². The standard InChI is InChI=1S/C21H22F2N2O3/c1-13(26)25(15-6-2-3-7-15)16-9-10-19(18(12-16)20(22)23)28-17-8-4-5-14(11-17)21(24)27/h4-5,8-12,15,20H,2-3,6-7H2,1H3,(H2,24,27). The van der Waals surface area contributed by atoms with Gasteiger partial charge >= 0.3 is 0 Å². The predicted molar refractivity (Wildman–Crippen MR) is 102 cm³/mol. The van der Waals surface area contributed by atoms with Crippen molar-refractivity contribution < 1.29 is 23.1 Å². The molecule has 1 aliphatic rings. The molecule has 1 aliphatic carbocycles. The number of alkyl halides is 2. The van der Waals surface area contributed by atoms with Crippen molar-refractivity contribution >= 4 is 17.5 Å². The van der Waals surface area contributed by atoms with Gasteiger partial charge in [0, 0.05) is 24.2 Å². The van der Waals surface area contributed by atoms with E-state index in [2.05, 4.69) is 0 Å². The van der Waals surface area contributed by atoms with E-state index < -0.39 is 12.3 Å². The lowest BCUT2D eigenvalue weighted by molar-refractivity contribution is -0.117. The quantitative estimate of drug-likeness (QED) is 0.772. The maximum absolute atomic E-state index is 13.7. The average Bonchev–Trinajstić information content (AvgIpc) is 3.16. The summed E-state index contributed by atoms with van der Waals surface area (Å²) in [6.45, 7) is 1.44. The van der Waals surface area contributed by atoms with E-state index in [0.717, 1.165) is 25.7 Å². The Morgan fingerprint density at radius 1 is 1.14 bits per heavy atom. The average molecular weight is 388 g/mol. The Morgan fingerprint density at radius 3 is 2.46 bits per heavy atom. The molecule has 5 nitrogen and oxygen atoms in total. The Bertz CT molecular complexity index is 880. The zero-order chi connectivity index (χ0) is 20.3. The van der Waals surface area contributed by atoms with Crippen LogP contribution in [0.1, 0.15) is 55.0 Å². The van der Waals surface area contributed by atoms with Crippen molar-refractivity contribution in [3.63, 3.8) is 0 Å². The van der Waals surface area contributed by atoms with E-state index in [-0.39, 0.29) is 34.6 Å². The fraction of sp³-hybridized carbons (Fsp3) is 0.333. The maximum atomic E-state index is 13.7. The zero-order valence-electron chi connectivity index (χ0n) is 15.5. The lowest BCUT2D eigenvalue weighted by Crippen LogP contribution is -2.37. The van der Waals surface area contributed by atoms with E-state index in [1.165, 1.54) is 31.2 Å². The number of anilines is 1. The van der Waals surface area contributed by atoms with Crippen LogP contribution < -0.4 is 15.4 Å². The van der Waals surface area contributed by atoms with Gasteiger partial charge in [0.25, 0.3) is 6.43 Å². The highest BCUT2D eigenvalue weighted by Crippen LogP contribution is 2.37. The minimum absolute atomic E-state index is 0.0297. The van der Waals surface area contributed by atoms with Crippen molar-refractivity contribution in [2.45, 2.75) is 45.1 Å². The van der Waals surface area contributed by atoms with Crippen LogP contribution in [0.3, 0.4) is 0 Å². The Labute approximate surface area is 162 Å². The molecule has 1 saturated carbocycles. The molecule has 3 rings (SSSR count). The van der Waals surface area contributed by atoms with Gasteiger partial charge in [0.1, 0.15) is 11.5 Å². The molecule has 2 aromatic carbocycles. The van der Waals surface area contributed by atoms with Crippen molar-refractivity contribution in [2.75, 3.05) is 4.90 Å². The second-order valence-electron chi connectivity index (χ2n) is 6.84. The topological polar surface area (TPSA) is 72.6 Å². The molecular weight excluding hydrogens is 366 g/mol. The number of carbonyl (C=O) groups excluding carboxylic acids is 2. The summed E-state index contributed by atoms with van der Waals surface area (Å²) >= 11 is 0. The Kier molecular flexibility index (Phi) is 5.92. The summed E-state index contributed by atoms with van der Waals surface area (Å²) in [7, 11) is 0. The number of rotatable bonds is 6. The molecule has 0 aromatic heterocycles. The highest BCUT2D eigenvalue weighted by molar-refractivity contribution is 5.93. The number of benzene rings is 2. The third kappa shape index (κ3) is 4.30. The van der Waals surface area contributed by atoms with Crippen molar-refractivity contribution in [2.24, 2.45) is 5.73 Å². The summed E-state index contributed by atoms with van der Waals surface area (Å²) in [6, 6.07) is 10.4. The van der Waals surface area contributed by atoms with Crippen molar-refractivity contribution in [1.82, 2.24) is 0 Å². The van der Waals surface area contributed by atoms with Crippen LogP contribution in [-0.4, -0.2) is 17.9 Å². The molecule has 0 heterocycles. The van der Waals surface area contributed by atoms with Gasteiger partial charge in [-0.05, 0) is 49.2 Å². The van der Waals surface area contributed by atoms with Crippen molar-refractivity contribution in [3.05, 3.63) is 53.6 Å². The molecule has 2 N–H and O–H groups in total. The van der Waals surface area contributed by atoms with Gasteiger partial charge in [-0.3, -0.25) is 9.59 Å². The molecule has 1 fully saturated rings. The summed E-state index contributed by atoms with van der Waals surface area (Å²) < 4.78 is 33.0. The summed E-state index contributed by atoms with van der Waals surface area (Å²) in [5.41, 5.74) is 5.59. The Morgan fingerprint density at radius 2 is 1.86 bits per heavy atom. The van der Waals surface area contributed by atoms with Crippen molar-refractivity contribution in [3.8, 4) is 11.5 Å². The summed E-state index contributed by atoms with van der Waals surface area (Å²) in [5, 5.41) is 0. The molecule has 7 heteroatoms. The van der Waals surface area contributed by atoms with Crippen LogP contribution in [0.2, 0.25) is 0 Å². The van der Waals surface area contributed by atoms with E-state index in [1.807, 2.05) is 0 Å². The van der Waals surface area contributed by atoms with E-state index in [0.29, 0.717) is 5.69 Å². The molecule has 148 valence electrons. The third-order valence-electron chi connectivity index (χ3n) is 4.88. The minimum atomic E-state index is -2.79. The highest BCUT2D eigenvalue weighted by atomic mass is 19.3. The van der Waals surface area contributed by atoms with Crippen LogP contribution in [0.15, 0.2) is 42.5 Å². The monoisotopic (exact) mass is 388 g/mol. The summed E-state index contributed by atoms with van der Waals surface area (Å²) in [4.78, 5) is 25.0. The molecular formula is C21H22F2N2O3. The fourth-order valence-electron chi connectivity index (χ4n) is 3.60. The molecule has 0 atom stereocenters. The van der Waals surface area contributed by atoms with Gasteiger partial charge in [0.2, 0.25) is 11.8 Å². The van der Waals surface area contributed by atoms with Crippen LogP contribution in [-0.2, 0) is 4.79 Å². The first-order chi connectivity index (χ1) is 13.4. The zero-order valence-corrected chi connectivity index (χ0v) is 15.5. The smallest absolute Gasteiger partial charge is 0.267 e. The first-order valence-corrected chi connectivity index (χ1v) is 9.16. The number of hydrogen-bond acceptors (Lipinski definition) is 3. The largest absolute Gasteiger partial charge is 0.457 e. The van der Waals surface area contributed by atoms with E-state index in [4.69, 9.17) is 10.5 Å². The molecule has 2 aromatic rings. The second kappa shape index (κ2) is 8.37. The molecule has 2 amide bonds. The number of nitrogens with zero attached hydrogens (tertiary/aromatic N) is 1. The molecule has 0 saturated heterocycles. The van der Waals surface area contributed by atoms with E-state index >= 15 is 0 Å². The normalized spacial score (nSPS) is 14.3. The first-order valence-electron chi connectivity index (χ1n) is 9.16. The summed E-state index contributed by atoms with van der Waals surface area (Å²) in [5.74, 6) is -0.612. The number of carbonyl (C=O) groups is 2. The molecule has 0 aliphatic heterocycles. The van der Waals surface area contributed by atoms with Crippen LogP contribution >= 0.6 is 0 Å². The highest BCUT2D eigenvalue weighted by Gasteiger charge is 2.27. The fourth-order valence-corrected chi connectivity index (χ4v) is 3.60. The molecule has 0 spiro atoms. The molecule has 0 bridgehead atoms. The number of halogens is 2. The van der Waals surface area contributed by atoms with Gasteiger partial charge in [0.15, 0.2) is 0 Å². The van der Waals surface area contributed by atoms with Gasteiger partial charge in [-0.25, -0.2) is 8.78 Å². The maximum Gasteiger partial charge on any atom is 0.267 e. The lowest BCUT2D eigenvalue weighted by Gasteiger charge is -2.28. The van der Waals surface area contributed by atoms with E-state index in [9.17, 15) is 18.4 Å². The van der Waals surface area contributed by atoms with Gasteiger partial charge in [-0.15, -0.1) is 0 Å². The van der Waals surface area contributed by atoms with Crippen LogP contribution in [0, 0.1) is 0 Å². The number of nitrogens with two attached hydrogens (primary N) is 1. The summed E-state index contributed by atoms with van der Waals surface area (Å²) in [6.07, 6.45) is 0.983. The molecule has 0 radical (unpaired) electrons.